The number of aromatic nitrogens is 1. The Balaban J connectivity index is 0.00000259. The van der Waals surface area contributed by atoms with Gasteiger partial charge in [0.1, 0.15) is 5.75 Å². The average molecular weight is 453 g/mol. The van der Waals surface area contributed by atoms with E-state index in [4.69, 9.17) is 16.3 Å². The van der Waals surface area contributed by atoms with Crippen LogP contribution in [0.15, 0.2) is 54.7 Å². The molecule has 2 aromatic carbocycles. The number of nitrogens with zero attached hydrogens (tertiary/aromatic N) is 2. The van der Waals surface area contributed by atoms with Gasteiger partial charge in [-0.3, -0.25) is 4.79 Å². The minimum absolute atomic E-state index is 0. The van der Waals surface area contributed by atoms with Crippen molar-refractivity contribution in [2.24, 2.45) is 0 Å². The van der Waals surface area contributed by atoms with E-state index in [9.17, 15) is 9.90 Å². The van der Waals surface area contributed by atoms with Gasteiger partial charge in [0.25, 0.3) is 5.91 Å². The molecule has 0 bridgehead atoms. The Hall–Kier alpha value is -2.76. The molecule has 6 heteroatoms. The average Bonchev–Trinajstić information content (AvgIpc) is 3.24. The molecule has 2 aliphatic rings. The van der Waals surface area contributed by atoms with Crippen LogP contribution in [0.2, 0.25) is 5.02 Å². The number of amides is 1. The fourth-order valence-electron chi connectivity index (χ4n) is 5.09. The van der Waals surface area contributed by atoms with Crippen LogP contribution in [0.3, 0.4) is 0 Å². The van der Waals surface area contributed by atoms with Gasteiger partial charge in [-0.2, -0.15) is 0 Å². The predicted octanol–water partition coefficient (Wildman–Crippen LogP) is 5.44. The summed E-state index contributed by atoms with van der Waals surface area (Å²) in [5.74, 6) is 0.790. The number of rotatable bonds is 2. The van der Waals surface area contributed by atoms with E-state index >= 15 is 0 Å². The Kier molecular flexibility index (Phi) is 4.88. The first-order valence-corrected chi connectivity index (χ1v) is 11.4. The lowest BCUT2D eigenvalue weighted by atomic mass is 9.86. The minimum Gasteiger partial charge on any atom is -0.479 e. The second kappa shape index (κ2) is 7.39. The lowest BCUT2D eigenvalue weighted by Gasteiger charge is -2.45. The first-order valence-electron chi connectivity index (χ1n) is 11.0. The van der Waals surface area contributed by atoms with Gasteiger partial charge in [-0.25, -0.2) is 0 Å². The second-order valence-electron chi connectivity index (χ2n) is 9.35. The number of hydrogen-bond donors (Lipinski definition) is 1. The fraction of sp³-hybridized carbons (Fsp3) is 0.346. The third kappa shape index (κ3) is 3.40. The molecule has 1 amide bonds. The van der Waals surface area contributed by atoms with Crippen molar-refractivity contribution in [1.29, 1.82) is 0 Å². The lowest BCUT2D eigenvalue weighted by molar-refractivity contribution is -0.00931. The van der Waals surface area contributed by atoms with Gasteiger partial charge in [0.15, 0.2) is 5.60 Å². The maximum atomic E-state index is 13.2. The largest absolute Gasteiger partial charge is 0.479 e. The Morgan fingerprint density at radius 2 is 1.91 bits per heavy atom. The molecule has 1 aromatic heterocycles. The zero-order valence-electron chi connectivity index (χ0n) is 18.6. The molecule has 1 N–H and O–H groups in total. The number of aryl methyl sites for hydroxylation is 1. The number of hydrogen-bond acceptors (Lipinski definition) is 3. The summed E-state index contributed by atoms with van der Waals surface area (Å²) in [6, 6.07) is 15.4. The van der Waals surface area contributed by atoms with Crippen molar-refractivity contribution in [3.8, 4) is 11.4 Å². The summed E-state index contributed by atoms with van der Waals surface area (Å²) in [6.45, 7) is 6.65. The standard InChI is InChI=1S/C26H27ClN2O3.H2/c1-17-15-18(6-8-20(17)25(2,3)31)24(30)28-13-10-26(11-14-28)23-5-4-12-29(23)21-9-7-19(27)16-22(21)32-26;/h4-9,12,15-16,31H,10-11,13-14H2,1-3H3;1H. The van der Waals surface area contributed by atoms with Gasteiger partial charge in [0, 0.05) is 50.2 Å². The van der Waals surface area contributed by atoms with E-state index < -0.39 is 11.2 Å². The van der Waals surface area contributed by atoms with Crippen molar-refractivity contribution >= 4 is 17.5 Å². The molecule has 168 valence electrons. The topological polar surface area (TPSA) is 54.7 Å². The van der Waals surface area contributed by atoms with Gasteiger partial charge in [0.2, 0.25) is 0 Å². The highest BCUT2D eigenvalue weighted by Crippen LogP contribution is 2.45. The van der Waals surface area contributed by atoms with Crippen LogP contribution in [0.5, 0.6) is 5.75 Å². The first kappa shape index (κ1) is 21.1. The molecule has 3 heterocycles. The second-order valence-corrected chi connectivity index (χ2v) is 9.79. The van der Waals surface area contributed by atoms with Crippen LogP contribution < -0.4 is 4.74 Å². The highest BCUT2D eigenvalue weighted by atomic mass is 35.5. The number of halogens is 1. The highest BCUT2D eigenvalue weighted by Gasteiger charge is 2.44. The van der Waals surface area contributed by atoms with Gasteiger partial charge in [-0.15, -0.1) is 0 Å². The molecule has 5 rings (SSSR count). The first-order chi connectivity index (χ1) is 15.2. The van der Waals surface area contributed by atoms with E-state index in [0.29, 0.717) is 36.5 Å². The van der Waals surface area contributed by atoms with Crippen molar-refractivity contribution in [3.05, 3.63) is 82.1 Å². The van der Waals surface area contributed by atoms with Crippen molar-refractivity contribution in [3.63, 3.8) is 0 Å². The number of piperidine rings is 1. The zero-order valence-corrected chi connectivity index (χ0v) is 19.3. The molecule has 5 nitrogen and oxygen atoms in total. The Morgan fingerprint density at radius 3 is 2.59 bits per heavy atom. The van der Waals surface area contributed by atoms with Crippen molar-refractivity contribution in [2.75, 3.05) is 13.1 Å². The van der Waals surface area contributed by atoms with Crippen molar-refractivity contribution in [2.45, 2.75) is 44.8 Å². The van der Waals surface area contributed by atoms with Crippen LogP contribution in [0.25, 0.3) is 5.69 Å². The predicted molar refractivity (Wildman–Crippen MR) is 127 cm³/mol. The van der Waals surface area contributed by atoms with Crippen LogP contribution in [0, 0.1) is 6.92 Å². The maximum Gasteiger partial charge on any atom is 0.253 e. The molecule has 0 unspecified atom stereocenters. The lowest BCUT2D eigenvalue weighted by Crippen LogP contribution is -2.50. The zero-order chi connectivity index (χ0) is 22.7. The van der Waals surface area contributed by atoms with Gasteiger partial charge in [-0.1, -0.05) is 17.7 Å². The quantitative estimate of drug-likeness (QED) is 0.563. The Bertz CT molecular complexity index is 1210. The normalized spacial score (nSPS) is 17.0. The minimum atomic E-state index is -0.935. The van der Waals surface area contributed by atoms with E-state index in [1.54, 1.807) is 13.8 Å². The Labute approximate surface area is 194 Å². The van der Waals surface area contributed by atoms with Crippen LogP contribution in [-0.4, -0.2) is 33.6 Å². The number of fused-ring (bicyclic) bond motifs is 4. The molecule has 0 radical (unpaired) electrons. The van der Waals surface area contributed by atoms with Gasteiger partial charge in [-0.05, 0) is 68.3 Å². The number of carbonyl (C=O) groups excluding carboxylic acids is 1. The van der Waals surface area contributed by atoms with Gasteiger partial charge >= 0.3 is 0 Å². The molecule has 1 fully saturated rings. The molecule has 32 heavy (non-hydrogen) atoms. The number of ether oxygens (including phenoxy) is 1. The fourth-order valence-corrected chi connectivity index (χ4v) is 5.25. The van der Waals surface area contributed by atoms with E-state index in [1.165, 1.54) is 0 Å². The molecule has 0 aliphatic carbocycles. The summed E-state index contributed by atoms with van der Waals surface area (Å²) in [7, 11) is 0. The monoisotopic (exact) mass is 452 g/mol. The van der Waals surface area contributed by atoms with Crippen molar-refractivity contribution in [1.82, 2.24) is 9.47 Å². The smallest absolute Gasteiger partial charge is 0.253 e. The molecular formula is C26H29ClN2O3. The third-order valence-electron chi connectivity index (χ3n) is 6.69. The summed E-state index contributed by atoms with van der Waals surface area (Å²) in [5, 5.41) is 11.0. The van der Waals surface area contributed by atoms with E-state index in [0.717, 1.165) is 28.3 Å². The number of benzene rings is 2. The molecule has 0 saturated carbocycles. The molecule has 1 spiro atoms. The molecule has 1 saturated heterocycles. The van der Waals surface area contributed by atoms with Gasteiger partial charge < -0.3 is 19.3 Å². The maximum absolute atomic E-state index is 13.2. The van der Waals surface area contributed by atoms with E-state index in [-0.39, 0.29) is 7.33 Å². The third-order valence-corrected chi connectivity index (χ3v) is 6.93. The molecule has 3 aromatic rings. The van der Waals surface area contributed by atoms with Crippen LogP contribution >= 0.6 is 11.6 Å². The Morgan fingerprint density at radius 1 is 1.16 bits per heavy atom. The van der Waals surface area contributed by atoms with Crippen LogP contribution in [0.1, 0.15) is 55.3 Å². The summed E-state index contributed by atoms with van der Waals surface area (Å²) in [4.78, 5) is 15.1. The molecule has 2 aliphatic heterocycles. The number of carbonyl (C=O) groups is 1. The SMILES string of the molecule is Cc1cc(C(=O)N2CCC3(CC2)Oc2cc(Cl)ccc2-n2cccc23)ccc1C(C)(C)O.[HH]. The van der Waals surface area contributed by atoms with E-state index in [2.05, 4.69) is 16.8 Å². The number of likely N-dealkylation sites (tertiary alicyclic amines) is 1. The summed E-state index contributed by atoms with van der Waals surface area (Å²) >= 11 is 6.23. The van der Waals surface area contributed by atoms with Crippen LogP contribution in [0.4, 0.5) is 0 Å². The highest BCUT2D eigenvalue weighted by molar-refractivity contribution is 6.30. The number of aliphatic hydroxyl groups is 1. The van der Waals surface area contributed by atoms with Crippen LogP contribution in [-0.2, 0) is 11.2 Å². The summed E-state index contributed by atoms with van der Waals surface area (Å²) in [5.41, 5.74) is 3.09. The molecular weight excluding hydrogens is 424 g/mol. The van der Waals surface area contributed by atoms with Gasteiger partial charge in [0.05, 0.1) is 17.0 Å². The summed E-state index contributed by atoms with van der Waals surface area (Å²) in [6.07, 6.45) is 3.46. The van der Waals surface area contributed by atoms with E-state index in [1.807, 2.05) is 54.3 Å². The molecule has 0 atom stereocenters. The summed E-state index contributed by atoms with van der Waals surface area (Å²) < 4.78 is 8.73. The van der Waals surface area contributed by atoms with Crippen molar-refractivity contribution < 1.29 is 16.1 Å².